The molecule has 0 aliphatic heterocycles. The summed E-state index contributed by atoms with van der Waals surface area (Å²) in [7, 11) is -6.53. The number of benzene rings is 3. The summed E-state index contributed by atoms with van der Waals surface area (Å²) in [5.41, 5.74) is 1.33. The second kappa shape index (κ2) is 10.4. The lowest BCUT2D eigenvalue weighted by Gasteiger charge is -2.22. The van der Waals surface area contributed by atoms with Crippen LogP contribution in [0, 0.1) is 12.7 Å². The molecule has 0 saturated carbocycles. The lowest BCUT2D eigenvalue weighted by molar-refractivity contribution is -0.116. The zero-order valence-corrected chi connectivity index (χ0v) is 20.2. The van der Waals surface area contributed by atoms with Gasteiger partial charge in [-0.3, -0.25) is 4.79 Å². The zero-order valence-electron chi connectivity index (χ0n) is 18.5. The topological polar surface area (TPSA) is 113 Å². The molecule has 0 spiro atoms. The summed E-state index contributed by atoms with van der Waals surface area (Å²) < 4.78 is 67.2. The third-order valence-electron chi connectivity index (χ3n) is 5.04. The summed E-state index contributed by atoms with van der Waals surface area (Å²) in [5, 5.41) is 2.60. The van der Waals surface area contributed by atoms with Crippen LogP contribution in [-0.2, 0) is 31.4 Å². The molecule has 180 valence electrons. The van der Waals surface area contributed by atoms with Crippen molar-refractivity contribution in [1.82, 2.24) is 9.03 Å². The number of hydrogen-bond donors (Lipinski definition) is 2. The Labute approximate surface area is 198 Å². The van der Waals surface area contributed by atoms with Crippen LogP contribution in [-0.4, -0.2) is 40.6 Å². The first kappa shape index (κ1) is 25.5. The zero-order chi connectivity index (χ0) is 24.9. The second-order valence-corrected chi connectivity index (χ2v) is 11.3. The van der Waals surface area contributed by atoms with Crippen molar-refractivity contribution in [1.29, 1.82) is 0 Å². The molecule has 3 aromatic rings. The highest BCUT2D eigenvalue weighted by molar-refractivity contribution is 7.89. The van der Waals surface area contributed by atoms with Crippen molar-refractivity contribution in [3.05, 3.63) is 89.7 Å². The van der Waals surface area contributed by atoms with E-state index in [0.29, 0.717) is 11.1 Å². The van der Waals surface area contributed by atoms with Crippen molar-refractivity contribution >= 4 is 31.6 Å². The Morgan fingerprint density at radius 3 is 2.18 bits per heavy atom. The fraction of sp³-hybridized carbons (Fsp3) is 0.174. The van der Waals surface area contributed by atoms with Crippen LogP contribution < -0.4 is 10.0 Å². The monoisotopic (exact) mass is 505 g/mol. The number of anilines is 1. The van der Waals surface area contributed by atoms with E-state index in [1.807, 2.05) is 0 Å². The van der Waals surface area contributed by atoms with Gasteiger partial charge in [0.05, 0.1) is 16.3 Å². The van der Waals surface area contributed by atoms with Gasteiger partial charge in [0, 0.05) is 12.2 Å². The minimum Gasteiger partial charge on any atom is -0.325 e. The van der Waals surface area contributed by atoms with Crippen molar-refractivity contribution < 1.29 is 26.0 Å². The van der Waals surface area contributed by atoms with Gasteiger partial charge in [-0.1, -0.05) is 36.4 Å². The van der Waals surface area contributed by atoms with Crippen LogP contribution in [0.25, 0.3) is 0 Å². The van der Waals surface area contributed by atoms with Crippen LogP contribution >= 0.6 is 0 Å². The predicted molar refractivity (Wildman–Crippen MR) is 126 cm³/mol. The molecule has 0 heterocycles. The largest absolute Gasteiger partial charge is 0.325 e. The summed E-state index contributed by atoms with van der Waals surface area (Å²) in [4.78, 5) is 12.8. The van der Waals surface area contributed by atoms with Crippen LogP contribution in [0.15, 0.2) is 82.6 Å². The average molecular weight is 506 g/mol. The maximum absolute atomic E-state index is 13.3. The molecule has 1 amide bonds. The van der Waals surface area contributed by atoms with Gasteiger partial charge in [0.15, 0.2) is 0 Å². The Morgan fingerprint density at radius 2 is 1.56 bits per heavy atom. The van der Waals surface area contributed by atoms with E-state index in [0.717, 1.165) is 4.31 Å². The van der Waals surface area contributed by atoms with E-state index in [1.54, 1.807) is 25.1 Å². The molecule has 3 rings (SSSR count). The van der Waals surface area contributed by atoms with Crippen molar-refractivity contribution in [3.63, 3.8) is 0 Å². The van der Waals surface area contributed by atoms with E-state index < -0.39 is 38.3 Å². The van der Waals surface area contributed by atoms with Crippen LogP contribution in [0.5, 0.6) is 0 Å². The molecule has 34 heavy (non-hydrogen) atoms. The molecule has 0 radical (unpaired) electrons. The second-order valence-electron chi connectivity index (χ2n) is 7.45. The first-order chi connectivity index (χ1) is 16.0. The molecule has 0 bridgehead atoms. The van der Waals surface area contributed by atoms with Crippen LogP contribution in [0.4, 0.5) is 10.1 Å². The highest BCUT2D eigenvalue weighted by Gasteiger charge is 2.27. The highest BCUT2D eigenvalue weighted by atomic mass is 32.2. The summed E-state index contributed by atoms with van der Waals surface area (Å²) in [6.07, 6.45) is 0. The summed E-state index contributed by atoms with van der Waals surface area (Å²) in [6.45, 7) is 0.970. The van der Waals surface area contributed by atoms with Crippen molar-refractivity contribution in [2.75, 3.05) is 18.9 Å². The average Bonchev–Trinajstić information content (AvgIpc) is 2.82. The molecule has 0 saturated heterocycles. The fourth-order valence-electron chi connectivity index (χ4n) is 3.13. The number of hydrogen-bond acceptors (Lipinski definition) is 5. The van der Waals surface area contributed by atoms with Gasteiger partial charge in [-0.2, -0.15) is 4.31 Å². The maximum atomic E-state index is 13.3. The number of amides is 1. The Balaban J connectivity index is 1.90. The van der Waals surface area contributed by atoms with Crippen molar-refractivity contribution in [3.8, 4) is 0 Å². The third kappa shape index (κ3) is 6.06. The van der Waals surface area contributed by atoms with Gasteiger partial charge in [-0.15, -0.1) is 0 Å². The number of carbonyl (C=O) groups excluding carboxylic acids is 1. The number of rotatable bonds is 9. The molecule has 0 fully saturated rings. The molecule has 0 atom stereocenters. The SMILES string of the molecule is CNS(=O)(=O)c1ccc(C)c(NC(=O)CN(Cc2ccc(F)cc2)S(=O)(=O)c2ccccc2)c1. The predicted octanol–water partition coefficient (Wildman–Crippen LogP) is 2.87. The Hall–Kier alpha value is -3.12. The number of sulfonamides is 2. The minimum atomic E-state index is -4.07. The molecule has 11 heteroatoms. The van der Waals surface area contributed by atoms with E-state index in [2.05, 4.69) is 10.0 Å². The fourth-order valence-corrected chi connectivity index (χ4v) is 5.29. The summed E-state index contributed by atoms with van der Waals surface area (Å²) in [5.74, 6) is -1.13. The van der Waals surface area contributed by atoms with Gasteiger partial charge in [-0.05, 0) is 61.5 Å². The van der Waals surface area contributed by atoms with Gasteiger partial charge in [0.2, 0.25) is 26.0 Å². The van der Waals surface area contributed by atoms with Crippen molar-refractivity contribution in [2.45, 2.75) is 23.3 Å². The first-order valence-electron chi connectivity index (χ1n) is 10.2. The van der Waals surface area contributed by atoms with E-state index in [4.69, 9.17) is 0 Å². The van der Waals surface area contributed by atoms with Gasteiger partial charge in [-0.25, -0.2) is 25.9 Å². The molecule has 0 aliphatic rings. The molecule has 8 nitrogen and oxygen atoms in total. The molecular weight excluding hydrogens is 481 g/mol. The smallest absolute Gasteiger partial charge is 0.243 e. The molecule has 0 unspecified atom stereocenters. The number of carbonyl (C=O) groups is 1. The third-order valence-corrected chi connectivity index (χ3v) is 8.25. The van der Waals surface area contributed by atoms with E-state index in [-0.39, 0.29) is 22.0 Å². The van der Waals surface area contributed by atoms with Crippen LogP contribution in [0.3, 0.4) is 0 Å². The van der Waals surface area contributed by atoms with E-state index in [1.165, 1.54) is 61.6 Å². The molecular formula is C23H24FN3O5S2. The van der Waals surface area contributed by atoms with Crippen LogP contribution in [0.2, 0.25) is 0 Å². The van der Waals surface area contributed by atoms with Gasteiger partial charge >= 0.3 is 0 Å². The molecule has 2 N–H and O–H groups in total. The number of halogens is 1. The number of aryl methyl sites for hydroxylation is 1. The molecule has 0 aliphatic carbocycles. The lowest BCUT2D eigenvalue weighted by atomic mass is 10.2. The minimum absolute atomic E-state index is 0.00297. The summed E-state index contributed by atoms with van der Waals surface area (Å²) in [6, 6.07) is 17.2. The Bertz CT molecular complexity index is 1380. The normalized spacial score (nSPS) is 12.0. The lowest BCUT2D eigenvalue weighted by Crippen LogP contribution is -2.37. The van der Waals surface area contributed by atoms with Gasteiger partial charge in [0.25, 0.3) is 0 Å². The Kier molecular flexibility index (Phi) is 7.82. The van der Waals surface area contributed by atoms with Crippen LogP contribution in [0.1, 0.15) is 11.1 Å². The number of nitrogens with one attached hydrogen (secondary N) is 2. The Morgan fingerprint density at radius 1 is 0.912 bits per heavy atom. The van der Waals surface area contributed by atoms with Gasteiger partial charge in [0.1, 0.15) is 5.82 Å². The highest BCUT2D eigenvalue weighted by Crippen LogP contribution is 2.22. The molecule has 0 aromatic heterocycles. The van der Waals surface area contributed by atoms with Crippen molar-refractivity contribution in [2.24, 2.45) is 0 Å². The molecule has 3 aromatic carbocycles. The quantitative estimate of drug-likeness (QED) is 0.464. The van der Waals surface area contributed by atoms with E-state index in [9.17, 15) is 26.0 Å². The number of nitrogens with zero attached hydrogens (tertiary/aromatic N) is 1. The maximum Gasteiger partial charge on any atom is 0.243 e. The standard InChI is InChI=1S/C23H24FN3O5S2/c1-17-8-13-21(33(29,30)25-2)14-22(17)26-23(28)16-27(15-18-9-11-19(24)12-10-18)34(31,32)20-6-4-3-5-7-20/h3-14,25H,15-16H2,1-2H3,(H,26,28). The van der Waals surface area contributed by atoms with Gasteiger partial charge < -0.3 is 5.32 Å². The summed E-state index contributed by atoms with van der Waals surface area (Å²) >= 11 is 0. The first-order valence-corrected chi connectivity index (χ1v) is 13.1. The van der Waals surface area contributed by atoms with E-state index >= 15 is 0 Å².